The van der Waals surface area contributed by atoms with E-state index in [2.05, 4.69) is 25.6 Å². The summed E-state index contributed by atoms with van der Waals surface area (Å²) in [5.74, 6) is -1.25. The predicted molar refractivity (Wildman–Crippen MR) is 110 cm³/mol. The van der Waals surface area contributed by atoms with Gasteiger partial charge in [-0.2, -0.15) is 5.26 Å². The molecule has 3 rings (SSSR count). The van der Waals surface area contributed by atoms with E-state index in [4.69, 9.17) is 10.7 Å². The Kier molecular flexibility index (Phi) is 7.45. The fraction of sp³-hybridized carbons (Fsp3) is 0.150. The van der Waals surface area contributed by atoms with Crippen LogP contribution in [-0.2, 0) is 0 Å². The second-order valence-electron chi connectivity index (χ2n) is 6.25. The van der Waals surface area contributed by atoms with Gasteiger partial charge in [0.1, 0.15) is 5.82 Å². The SMILES string of the molecule is N#Cc1ccc(C(=O)NCCSc2nonc2C(=N)Nc2ccc(F)c(C(F)F)c2)cc1. The summed E-state index contributed by atoms with van der Waals surface area (Å²) in [4.78, 5) is 12.1. The van der Waals surface area contributed by atoms with E-state index in [0.717, 1.165) is 23.9 Å². The number of amides is 1. The van der Waals surface area contributed by atoms with Crippen LogP contribution in [0.2, 0.25) is 0 Å². The number of anilines is 1. The molecule has 8 nitrogen and oxygen atoms in total. The van der Waals surface area contributed by atoms with Crippen molar-refractivity contribution in [3.8, 4) is 6.07 Å². The molecular formula is C20H15F3N6O2S. The van der Waals surface area contributed by atoms with Gasteiger partial charge >= 0.3 is 0 Å². The number of carbonyl (C=O) groups excluding carboxylic acids is 1. The van der Waals surface area contributed by atoms with E-state index in [0.29, 0.717) is 16.9 Å². The smallest absolute Gasteiger partial charge is 0.266 e. The maximum atomic E-state index is 13.4. The largest absolute Gasteiger partial charge is 0.351 e. The second kappa shape index (κ2) is 10.5. The third-order valence-electron chi connectivity index (χ3n) is 4.10. The van der Waals surface area contributed by atoms with Gasteiger partial charge in [-0.3, -0.25) is 10.2 Å². The van der Waals surface area contributed by atoms with E-state index in [-0.39, 0.29) is 34.7 Å². The van der Waals surface area contributed by atoms with E-state index < -0.39 is 17.8 Å². The summed E-state index contributed by atoms with van der Waals surface area (Å²) < 4.78 is 43.8. The molecule has 0 saturated heterocycles. The van der Waals surface area contributed by atoms with Crippen LogP contribution in [0.15, 0.2) is 52.1 Å². The number of nitrogens with zero attached hydrogens (tertiary/aromatic N) is 3. The van der Waals surface area contributed by atoms with Crippen molar-refractivity contribution < 1.29 is 22.6 Å². The van der Waals surface area contributed by atoms with E-state index in [9.17, 15) is 18.0 Å². The van der Waals surface area contributed by atoms with Gasteiger partial charge in [0.25, 0.3) is 12.3 Å². The van der Waals surface area contributed by atoms with Crippen LogP contribution >= 0.6 is 11.8 Å². The van der Waals surface area contributed by atoms with Crippen molar-refractivity contribution in [2.75, 3.05) is 17.6 Å². The average Bonchev–Trinajstić information content (AvgIpc) is 3.26. The first-order chi connectivity index (χ1) is 15.4. The lowest BCUT2D eigenvalue weighted by Crippen LogP contribution is -2.25. The maximum absolute atomic E-state index is 13.4. The van der Waals surface area contributed by atoms with Gasteiger partial charge < -0.3 is 10.6 Å². The summed E-state index contributed by atoms with van der Waals surface area (Å²) in [5, 5.41) is 29.7. The minimum absolute atomic E-state index is 0.0383. The highest BCUT2D eigenvalue weighted by Gasteiger charge is 2.18. The van der Waals surface area contributed by atoms with Gasteiger partial charge in [-0.25, -0.2) is 17.8 Å². The van der Waals surface area contributed by atoms with Crippen LogP contribution in [0.25, 0.3) is 0 Å². The lowest BCUT2D eigenvalue weighted by atomic mass is 10.1. The molecule has 0 aliphatic rings. The molecule has 0 radical (unpaired) electrons. The molecule has 0 bridgehead atoms. The zero-order chi connectivity index (χ0) is 23.1. The molecule has 12 heteroatoms. The van der Waals surface area contributed by atoms with Crippen LogP contribution in [-0.4, -0.2) is 34.4 Å². The number of alkyl halides is 2. The van der Waals surface area contributed by atoms with Gasteiger partial charge in [0.2, 0.25) is 0 Å². The second-order valence-corrected chi connectivity index (χ2v) is 7.33. The first-order valence-electron chi connectivity index (χ1n) is 9.06. The number of nitriles is 1. The highest BCUT2D eigenvalue weighted by Crippen LogP contribution is 2.26. The molecule has 1 heterocycles. The van der Waals surface area contributed by atoms with Gasteiger partial charge in [-0.15, -0.1) is 0 Å². The maximum Gasteiger partial charge on any atom is 0.266 e. The Morgan fingerprint density at radius 3 is 2.66 bits per heavy atom. The normalized spacial score (nSPS) is 10.6. The molecule has 0 unspecified atom stereocenters. The van der Waals surface area contributed by atoms with E-state index in [1.807, 2.05) is 6.07 Å². The Morgan fingerprint density at radius 2 is 1.97 bits per heavy atom. The summed E-state index contributed by atoms with van der Waals surface area (Å²) in [6, 6.07) is 11.2. The molecule has 3 N–H and O–H groups in total. The molecule has 0 spiro atoms. The van der Waals surface area contributed by atoms with Gasteiger partial charge in [-0.05, 0) is 52.8 Å². The summed E-state index contributed by atoms with van der Waals surface area (Å²) in [6.07, 6.45) is -3.00. The lowest BCUT2D eigenvalue weighted by molar-refractivity contribution is 0.0956. The lowest BCUT2D eigenvalue weighted by Gasteiger charge is -2.09. The van der Waals surface area contributed by atoms with Crippen LogP contribution < -0.4 is 10.6 Å². The van der Waals surface area contributed by atoms with Crippen molar-refractivity contribution in [3.05, 3.63) is 70.7 Å². The van der Waals surface area contributed by atoms with Crippen molar-refractivity contribution in [3.63, 3.8) is 0 Å². The molecule has 2 aromatic carbocycles. The molecule has 32 heavy (non-hydrogen) atoms. The van der Waals surface area contributed by atoms with Crippen LogP contribution in [0.1, 0.15) is 33.6 Å². The molecule has 0 aliphatic carbocycles. The zero-order valence-corrected chi connectivity index (χ0v) is 17.0. The Labute approximate surface area is 184 Å². The first-order valence-corrected chi connectivity index (χ1v) is 10.0. The predicted octanol–water partition coefficient (Wildman–Crippen LogP) is 3.98. The summed E-state index contributed by atoms with van der Waals surface area (Å²) in [5.41, 5.74) is 0.196. The Balaban J connectivity index is 1.54. The number of rotatable bonds is 8. The Bertz CT molecular complexity index is 1160. The van der Waals surface area contributed by atoms with Crippen molar-refractivity contribution in [1.82, 2.24) is 15.6 Å². The molecule has 1 amide bonds. The quantitative estimate of drug-likeness (QED) is 0.201. The van der Waals surface area contributed by atoms with E-state index in [1.165, 1.54) is 6.07 Å². The number of hydrogen-bond donors (Lipinski definition) is 3. The minimum atomic E-state index is -3.00. The molecule has 0 atom stereocenters. The summed E-state index contributed by atoms with van der Waals surface area (Å²) >= 11 is 1.16. The number of halogens is 3. The molecule has 1 aromatic heterocycles. The zero-order valence-electron chi connectivity index (χ0n) is 16.2. The van der Waals surface area contributed by atoms with E-state index in [1.54, 1.807) is 24.3 Å². The summed E-state index contributed by atoms with van der Waals surface area (Å²) in [6.45, 7) is 0.270. The fourth-order valence-electron chi connectivity index (χ4n) is 2.53. The van der Waals surface area contributed by atoms with Gasteiger partial charge in [0, 0.05) is 23.5 Å². The van der Waals surface area contributed by atoms with Crippen molar-refractivity contribution >= 4 is 29.2 Å². The minimum Gasteiger partial charge on any atom is -0.351 e. The highest BCUT2D eigenvalue weighted by molar-refractivity contribution is 7.99. The van der Waals surface area contributed by atoms with Gasteiger partial charge in [0.05, 0.1) is 17.2 Å². The number of carbonyl (C=O) groups is 1. The molecule has 164 valence electrons. The number of amidine groups is 1. The molecule has 0 saturated carbocycles. The highest BCUT2D eigenvalue weighted by atomic mass is 32.2. The van der Waals surface area contributed by atoms with Crippen molar-refractivity contribution in [2.45, 2.75) is 11.5 Å². The number of nitrogens with one attached hydrogen (secondary N) is 3. The average molecular weight is 460 g/mol. The fourth-order valence-corrected chi connectivity index (χ4v) is 3.29. The van der Waals surface area contributed by atoms with Crippen LogP contribution in [0.3, 0.4) is 0 Å². The number of hydrogen-bond acceptors (Lipinski definition) is 7. The van der Waals surface area contributed by atoms with Gasteiger partial charge in [0.15, 0.2) is 16.6 Å². The standard InChI is InChI=1S/C20H15F3N6O2S/c21-15-6-5-13(9-14(15)17(22)23)27-18(25)16-20(29-31-28-16)32-8-7-26-19(30)12-3-1-11(10-24)2-4-12/h1-6,9,17H,7-8H2,(H2,25,27)(H,26,30). The monoisotopic (exact) mass is 460 g/mol. The Hall–Kier alpha value is -3.85. The topological polar surface area (TPSA) is 128 Å². The van der Waals surface area contributed by atoms with Crippen LogP contribution in [0, 0.1) is 22.6 Å². The number of thioether (sulfide) groups is 1. The number of aromatic nitrogens is 2. The first kappa shape index (κ1) is 22.8. The van der Waals surface area contributed by atoms with Crippen molar-refractivity contribution in [1.29, 1.82) is 10.7 Å². The third-order valence-corrected chi connectivity index (χ3v) is 5.05. The van der Waals surface area contributed by atoms with Crippen LogP contribution in [0.5, 0.6) is 0 Å². The summed E-state index contributed by atoms with van der Waals surface area (Å²) in [7, 11) is 0. The molecular weight excluding hydrogens is 445 g/mol. The van der Waals surface area contributed by atoms with Crippen molar-refractivity contribution in [2.24, 2.45) is 0 Å². The molecule has 0 fully saturated rings. The van der Waals surface area contributed by atoms with Crippen LogP contribution in [0.4, 0.5) is 18.9 Å². The molecule has 3 aromatic rings. The third kappa shape index (κ3) is 5.64. The number of benzene rings is 2. The molecule has 0 aliphatic heterocycles. The van der Waals surface area contributed by atoms with Gasteiger partial charge in [-0.1, -0.05) is 11.8 Å². The van der Waals surface area contributed by atoms with E-state index >= 15 is 0 Å². The Morgan fingerprint density at radius 1 is 1.22 bits per heavy atom.